The van der Waals surface area contributed by atoms with Crippen LogP contribution in [0.15, 0.2) is 206 Å². The first-order valence-corrected chi connectivity index (χ1v) is 20.5. The SMILES string of the molecule is c1ccc(-n2c3ccccc3c3cc(-c4ccc5c(c4)c4ccccc4n5-c4nc(-c5ccc6c(ccc7ccccc76)c5)c5ccccc5n4)c4ccccc4c32)cc1. The molecule has 0 fully saturated rings. The summed E-state index contributed by atoms with van der Waals surface area (Å²) in [5.74, 6) is 0.654. The summed E-state index contributed by atoms with van der Waals surface area (Å²) < 4.78 is 4.67. The van der Waals surface area contributed by atoms with Crippen LogP contribution in [-0.4, -0.2) is 19.1 Å². The van der Waals surface area contributed by atoms with Crippen molar-refractivity contribution in [2.75, 3.05) is 0 Å². The molecule has 10 aromatic carbocycles. The van der Waals surface area contributed by atoms with Gasteiger partial charge in [-0.2, -0.15) is 0 Å². The summed E-state index contributed by atoms with van der Waals surface area (Å²) in [4.78, 5) is 10.7. The fraction of sp³-hybridized carbons (Fsp3) is 0. The van der Waals surface area contributed by atoms with Gasteiger partial charge in [-0.3, -0.25) is 4.57 Å². The number of benzene rings is 10. The van der Waals surface area contributed by atoms with Crippen LogP contribution < -0.4 is 0 Å². The second-order valence-electron chi connectivity index (χ2n) is 15.8. The predicted octanol–water partition coefficient (Wildman–Crippen LogP) is 14.6. The molecular weight excluding hydrogens is 729 g/mol. The Labute approximate surface area is 344 Å². The van der Waals surface area contributed by atoms with Crippen LogP contribution in [0, 0.1) is 0 Å². The summed E-state index contributed by atoms with van der Waals surface area (Å²) in [6.07, 6.45) is 0. The monoisotopic (exact) mass is 762 g/mol. The van der Waals surface area contributed by atoms with Crippen LogP contribution in [0.4, 0.5) is 0 Å². The Morgan fingerprint density at radius 1 is 0.317 bits per heavy atom. The molecule has 0 saturated heterocycles. The highest BCUT2D eigenvalue weighted by Crippen LogP contribution is 2.43. The second-order valence-corrected chi connectivity index (χ2v) is 15.8. The van der Waals surface area contributed by atoms with Crippen molar-refractivity contribution in [2.24, 2.45) is 0 Å². The van der Waals surface area contributed by atoms with Crippen LogP contribution in [0.25, 0.3) is 121 Å². The predicted molar refractivity (Wildman–Crippen MR) is 252 cm³/mol. The van der Waals surface area contributed by atoms with E-state index >= 15 is 0 Å². The summed E-state index contributed by atoms with van der Waals surface area (Å²) in [7, 11) is 0. The van der Waals surface area contributed by atoms with Crippen molar-refractivity contribution >= 4 is 86.8 Å². The Hall–Kier alpha value is -8.08. The molecule has 0 N–H and O–H groups in total. The van der Waals surface area contributed by atoms with E-state index in [4.69, 9.17) is 9.97 Å². The van der Waals surface area contributed by atoms with Gasteiger partial charge in [0.05, 0.1) is 33.3 Å². The molecule has 0 aliphatic carbocycles. The van der Waals surface area contributed by atoms with E-state index < -0.39 is 0 Å². The van der Waals surface area contributed by atoms with Crippen molar-refractivity contribution in [2.45, 2.75) is 0 Å². The third-order valence-electron chi connectivity index (χ3n) is 12.5. The van der Waals surface area contributed by atoms with Gasteiger partial charge in [-0.25, -0.2) is 9.97 Å². The van der Waals surface area contributed by atoms with E-state index in [2.05, 4.69) is 215 Å². The fourth-order valence-electron chi connectivity index (χ4n) is 9.81. The zero-order valence-electron chi connectivity index (χ0n) is 32.4. The lowest BCUT2D eigenvalue weighted by Gasteiger charge is -2.14. The average Bonchev–Trinajstić information content (AvgIpc) is 3.84. The molecule has 0 spiro atoms. The Balaban J connectivity index is 1.03. The third kappa shape index (κ3) is 4.79. The van der Waals surface area contributed by atoms with Gasteiger partial charge in [-0.1, -0.05) is 152 Å². The van der Waals surface area contributed by atoms with Gasteiger partial charge < -0.3 is 4.57 Å². The zero-order chi connectivity index (χ0) is 39.3. The molecule has 0 unspecified atom stereocenters. The topological polar surface area (TPSA) is 35.6 Å². The average molecular weight is 763 g/mol. The summed E-state index contributed by atoms with van der Waals surface area (Å²) in [6, 6.07) is 74.4. The van der Waals surface area contributed by atoms with Crippen LogP contribution in [-0.2, 0) is 0 Å². The first kappa shape index (κ1) is 32.9. The summed E-state index contributed by atoms with van der Waals surface area (Å²) in [5.41, 5.74) is 11.0. The smallest absolute Gasteiger partial charge is 0.235 e. The van der Waals surface area contributed by atoms with Crippen molar-refractivity contribution in [3.8, 4) is 34.0 Å². The van der Waals surface area contributed by atoms with E-state index in [0.29, 0.717) is 5.95 Å². The molecule has 0 radical (unpaired) electrons. The van der Waals surface area contributed by atoms with E-state index in [1.54, 1.807) is 0 Å². The second kappa shape index (κ2) is 12.7. The normalized spacial score (nSPS) is 12.0. The molecule has 0 saturated carbocycles. The molecule has 3 aromatic heterocycles. The van der Waals surface area contributed by atoms with Gasteiger partial charge in [0.1, 0.15) is 0 Å². The van der Waals surface area contributed by atoms with E-state index in [9.17, 15) is 0 Å². The molecule has 0 bridgehead atoms. The zero-order valence-corrected chi connectivity index (χ0v) is 32.4. The Morgan fingerprint density at radius 2 is 0.917 bits per heavy atom. The lowest BCUT2D eigenvalue weighted by Crippen LogP contribution is -2.03. The van der Waals surface area contributed by atoms with Crippen molar-refractivity contribution in [3.05, 3.63) is 206 Å². The van der Waals surface area contributed by atoms with Crippen LogP contribution >= 0.6 is 0 Å². The number of hydrogen-bond donors (Lipinski definition) is 0. The molecule has 60 heavy (non-hydrogen) atoms. The maximum Gasteiger partial charge on any atom is 0.235 e. The molecule has 278 valence electrons. The Morgan fingerprint density at radius 3 is 1.75 bits per heavy atom. The molecule has 4 nitrogen and oxygen atoms in total. The minimum absolute atomic E-state index is 0.654. The molecule has 4 heteroatoms. The summed E-state index contributed by atoms with van der Waals surface area (Å²) >= 11 is 0. The minimum Gasteiger partial charge on any atom is -0.309 e. The van der Waals surface area contributed by atoms with Crippen LogP contribution in [0.1, 0.15) is 0 Å². The van der Waals surface area contributed by atoms with E-state index in [-0.39, 0.29) is 0 Å². The van der Waals surface area contributed by atoms with Gasteiger partial charge in [0.15, 0.2) is 0 Å². The number of fused-ring (bicyclic) bond motifs is 12. The van der Waals surface area contributed by atoms with E-state index in [0.717, 1.165) is 49.7 Å². The lowest BCUT2D eigenvalue weighted by molar-refractivity contribution is 1.01. The van der Waals surface area contributed by atoms with Crippen molar-refractivity contribution < 1.29 is 0 Å². The van der Waals surface area contributed by atoms with Crippen LogP contribution in [0.5, 0.6) is 0 Å². The van der Waals surface area contributed by atoms with Crippen molar-refractivity contribution in [1.29, 1.82) is 0 Å². The third-order valence-corrected chi connectivity index (χ3v) is 12.5. The van der Waals surface area contributed by atoms with Gasteiger partial charge in [-0.05, 0) is 92.7 Å². The van der Waals surface area contributed by atoms with E-state index in [1.165, 1.54) is 65.3 Å². The first-order valence-electron chi connectivity index (χ1n) is 20.5. The minimum atomic E-state index is 0.654. The van der Waals surface area contributed by atoms with Crippen molar-refractivity contribution in [3.63, 3.8) is 0 Å². The van der Waals surface area contributed by atoms with Gasteiger partial charge in [0.2, 0.25) is 5.95 Å². The quantitative estimate of drug-likeness (QED) is 0.167. The first-order chi connectivity index (χ1) is 29.8. The highest BCUT2D eigenvalue weighted by molar-refractivity contribution is 6.22. The number of hydrogen-bond acceptors (Lipinski definition) is 2. The van der Waals surface area contributed by atoms with Crippen LogP contribution in [0.3, 0.4) is 0 Å². The van der Waals surface area contributed by atoms with Gasteiger partial charge >= 0.3 is 0 Å². The number of nitrogens with zero attached hydrogens (tertiary/aromatic N) is 4. The molecule has 0 amide bonds. The van der Waals surface area contributed by atoms with Gasteiger partial charge in [0.25, 0.3) is 0 Å². The molecular formula is C56H34N4. The molecule has 13 rings (SSSR count). The number of rotatable bonds is 4. The fourth-order valence-corrected chi connectivity index (χ4v) is 9.81. The van der Waals surface area contributed by atoms with Gasteiger partial charge in [-0.15, -0.1) is 0 Å². The molecule has 0 atom stereocenters. The van der Waals surface area contributed by atoms with Gasteiger partial charge in [0, 0.05) is 43.6 Å². The van der Waals surface area contributed by atoms with E-state index in [1.807, 2.05) is 0 Å². The maximum atomic E-state index is 5.44. The number of para-hydroxylation sites is 4. The largest absolute Gasteiger partial charge is 0.309 e. The lowest BCUT2D eigenvalue weighted by atomic mass is 9.94. The summed E-state index contributed by atoms with van der Waals surface area (Å²) in [5, 5.41) is 13.2. The standard InChI is InChI=1S/C56H34N4/c1-2-15-39(16-3-1)59-51-24-12-10-20-44(51)49-34-47(42-18-6-7-21-45(42)55(49)59)37-29-31-53-48(33-37)43-19-9-13-25-52(43)60(53)56-57-50-23-11-8-22-46(50)54(58-56)38-28-30-41-36(32-38)27-26-35-14-4-5-17-40(35)41/h1-34H. The molecule has 13 aromatic rings. The Kier molecular flexibility index (Phi) is 6.98. The highest BCUT2D eigenvalue weighted by atomic mass is 15.2. The molecule has 0 aliphatic heterocycles. The molecule has 3 heterocycles. The number of aromatic nitrogens is 4. The summed E-state index contributed by atoms with van der Waals surface area (Å²) in [6.45, 7) is 0. The molecule has 0 aliphatic rings. The van der Waals surface area contributed by atoms with Crippen LogP contribution in [0.2, 0.25) is 0 Å². The maximum absolute atomic E-state index is 5.44. The highest BCUT2D eigenvalue weighted by Gasteiger charge is 2.21. The Bertz CT molecular complexity index is 3890. The van der Waals surface area contributed by atoms with Crippen molar-refractivity contribution in [1.82, 2.24) is 19.1 Å².